The summed E-state index contributed by atoms with van der Waals surface area (Å²) in [5.41, 5.74) is -0.344. The number of nitrogens with zero attached hydrogens (tertiary/aromatic N) is 3. The first-order valence-electron chi connectivity index (χ1n) is 11.1. The van der Waals surface area contributed by atoms with Crippen molar-refractivity contribution >= 4 is 11.8 Å². The van der Waals surface area contributed by atoms with Crippen LogP contribution in [0.25, 0.3) is 0 Å². The molecular formula is C25H24F3N3O4. The molecular weight excluding hydrogens is 463 g/mol. The fourth-order valence-electron chi connectivity index (χ4n) is 4.04. The molecule has 0 aliphatic carbocycles. The van der Waals surface area contributed by atoms with E-state index in [-0.39, 0.29) is 44.0 Å². The predicted octanol–water partition coefficient (Wildman–Crippen LogP) is 4.97. The van der Waals surface area contributed by atoms with Gasteiger partial charge in [-0.3, -0.25) is 4.79 Å². The molecule has 0 unspecified atom stereocenters. The van der Waals surface area contributed by atoms with E-state index in [1.807, 2.05) is 18.2 Å². The van der Waals surface area contributed by atoms with Crippen LogP contribution in [0.5, 0.6) is 11.6 Å². The minimum atomic E-state index is -4.72. The molecule has 4 rings (SSSR count). The van der Waals surface area contributed by atoms with Crippen LogP contribution in [-0.4, -0.2) is 40.0 Å². The largest absolute Gasteiger partial charge is 0.489 e. The van der Waals surface area contributed by atoms with E-state index in [1.165, 1.54) is 0 Å². The molecule has 1 aromatic heterocycles. The number of carboxylic acids is 1. The number of hydrogen-bond acceptors (Lipinski definition) is 6. The summed E-state index contributed by atoms with van der Waals surface area (Å²) in [4.78, 5) is 12.8. The van der Waals surface area contributed by atoms with Gasteiger partial charge in [0.1, 0.15) is 24.0 Å². The maximum Gasteiger partial charge on any atom is 0.421 e. The van der Waals surface area contributed by atoms with Crippen LogP contribution in [0.4, 0.5) is 19.0 Å². The van der Waals surface area contributed by atoms with Gasteiger partial charge >= 0.3 is 12.1 Å². The molecule has 0 radical (unpaired) electrons. The van der Waals surface area contributed by atoms with Gasteiger partial charge in [-0.25, -0.2) is 0 Å². The molecule has 35 heavy (non-hydrogen) atoms. The Hall–Kier alpha value is -3.82. The first-order valence-corrected chi connectivity index (χ1v) is 11.1. The van der Waals surface area contributed by atoms with Gasteiger partial charge in [-0.15, -0.1) is 10.2 Å². The summed E-state index contributed by atoms with van der Waals surface area (Å²) in [7, 11) is 0. The normalized spacial score (nSPS) is 17.9. The second-order valence-corrected chi connectivity index (χ2v) is 8.22. The topological polar surface area (TPSA) is 84.8 Å². The maximum atomic E-state index is 13.9. The number of ether oxygens (including phenoxy) is 2. The van der Waals surface area contributed by atoms with Gasteiger partial charge in [0, 0.05) is 24.9 Å². The van der Waals surface area contributed by atoms with Crippen LogP contribution >= 0.6 is 0 Å². The number of carbonyl (C=O) groups is 1. The van der Waals surface area contributed by atoms with Gasteiger partial charge in [-0.1, -0.05) is 48.5 Å². The van der Waals surface area contributed by atoms with E-state index in [1.54, 1.807) is 47.4 Å². The molecule has 0 saturated carbocycles. The van der Waals surface area contributed by atoms with Crippen molar-refractivity contribution in [1.29, 1.82) is 0 Å². The SMILES string of the molecule is O=C(O)CC[C@@H]1C[C@@H](Oc2ccccc2)CN1c1cc(C(F)(F)F)c(OCc2ccccc2)nn1. The highest BCUT2D eigenvalue weighted by molar-refractivity contribution is 5.66. The zero-order valence-electron chi connectivity index (χ0n) is 18.7. The Morgan fingerprint density at radius 1 is 1.06 bits per heavy atom. The molecule has 1 aliphatic rings. The van der Waals surface area contributed by atoms with E-state index in [0.717, 1.165) is 6.07 Å². The zero-order valence-corrected chi connectivity index (χ0v) is 18.7. The molecule has 184 valence electrons. The van der Waals surface area contributed by atoms with Gasteiger partial charge in [-0.2, -0.15) is 13.2 Å². The number of aliphatic carboxylic acids is 1. The standard InChI is InChI=1S/C25H24F3N3O4/c26-25(27,28)21-14-22(29-30-24(21)34-16-17-7-3-1-4-8-17)31-15-20(13-18(31)11-12-23(32)33)35-19-9-5-2-6-10-19/h1-10,14,18,20H,11-13,15-16H2,(H,32,33)/t18-,20-/m1/s1. The summed E-state index contributed by atoms with van der Waals surface area (Å²) in [6, 6.07) is 18.4. The number of para-hydroxylation sites is 1. The molecule has 0 bridgehead atoms. The average molecular weight is 487 g/mol. The van der Waals surface area contributed by atoms with Crippen LogP contribution in [-0.2, 0) is 17.6 Å². The first kappa shape index (κ1) is 24.3. The van der Waals surface area contributed by atoms with Crippen LogP contribution in [0, 0.1) is 0 Å². The third kappa shape index (κ3) is 6.40. The molecule has 1 saturated heterocycles. The molecule has 0 spiro atoms. The number of anilines is 1. The Morgan fingerprint density at radius 2 is 1.74 bits per heavy atom. The number of aromatic nitrogens is 2. The summed E-state index contributed by atoms with van der Waals surface area (Å²) >= 11 is 0. The van der Waals surface area contributed by atoms with Crippen LogP contribution in [0.3, 0.4) is 0 Å². The average Bonchev–Trinajstić information content (AvgIpc) is 3.24. The Kier molecular flexibility index (Phi) is 7.38. The minimum Gasteiger partial charge on any atom is -0.489 e. The molecule has 1 aliphatic heterocycles. The third-order valence-corrected chi connectivity index (χ3v) is 5.68. The molecule has 1 N–H and O–H groups in total. The number of halogens is 3. The van der Waals surface area contributed by atoms with E-state index in [9.17, 15) is 18.0 Å². The van der Waals surface area contributed by atoms with Crippen molar-refractivity contribution in [2.75, 3.05) is 11.4 Å². The van der Waals surface area contributed by atoms with Gasteiger partial charge in [0.2, 0.25) is 5.88 Å². The van der Waals surface area contributed by atoms with E-state index in [0.29, 0.717) is 17.7 Å². The monoisotopic (exact) mass is 487 g/mol. The van der Waals surface area contributed by atoms with Crippen LogP contribution in [0.15, 0.2) is 66.7 Å². The van der Waals surface area contributed by atoms with E-state index in [4.69, 9.17) is 14.6 Å². The number of benzene rings is 2. The minimum absolute atomic E-state index is 0.000985. The maximum absolute atomic E-state index is 13.9. The molecule has 7 nitrogen and oxygen atoms in total. The summed E-state index contributed by atoms with van der Waals surface area (Å²) < 4.78 is 53.0. The summed E-state index contributed by atoms with van der Waals surface area (Å²) in [5, 5.41) is 16.9. The van der Waals surface area contributed by atoms with E-state index in [2.05, 4.69) is 10.2 Å². The summed E-state index contributed by atoms with van der Waals surface area (Å²) in [6.45, 7) is 0.158. The smallest absolute Gasteiger partial charge is 0.421 e. The van der Waals surface area contributed by atoms with Gasteiger partial charge in [0.25, 0.3) is 0 Å². The third-order valence-electron chi connectivity index (χ3n) is 5.68. The van der Waals surface area contributed by atoms with Crippen LogP contribution < -0.4 is 14.4 Å². The Bertz CT molecular complexity index is 1130. The lowest BCUT2D eigenvalue weighted by atomic mass is 10.1. The number of hydrogen-bond donors (Lipinski definition) is 1. The molecule has 2 heterocycles. The molecule has 2 aromatic carbocycles. The Balaban J connectivity index is 1.57. The van der Waals surface area contributed by atoms with Gasteiger partial charge in [0.05, 0.1) is 6.54 Å². The highest BCUT2D eigenvalue weighted by Crippen LogP contribution is 2.38. The lowest BCUT2D eigenvalue weighted by molar-refractivity contribution is -0.139. The second-order valence-electron chi connectivity index (χ2n) is 8.22. The quantitative estimate of drug-likeness (QED) is 0.456. The molecule has 2 atom stereocenters. The molecule has 1 fully saturated rings. The van der Waals surface area contributed by atoms with Crippen molar-refractivity contribution in [2.45, 2.75) is 44.2 Å². The van der Waals surface area contributed by atoms with Crippen molar-refractivity contribution in [2.24, 2.45) is 0 Å². The molecule has 10 heteroatoms. The highest BCUT2D eigenvalue weighted by Gasteiger charge is 2.39. The van der Waals surface area contributed by atoms with Crippen LogP contribution in [0.1, 0.15) is 30.4 Å². The van der Waals surface area contributed by atoms with Crippen LogP contribution in [0.2, 0.25) is 0 Å². The van der Waals surface area contributed by atoms with E-state index < -0.39 is 23.6 Å². The van der Waals surface area contributed by atoms with Gasteiger partial charge in [-0.05, 0) is 24.1 Å². The fourth-order valence-corrected chi connectivity index (χ4v) is 4.04. The fraction of sp³-hybridized carbons (Fsp3) is 0.320. The molecule has 0 amide bonds. The predicted molar refractivity (Wildman–Crippen MR) is 121 cm³/mol. The molecule has 3 aromatic rings. The number of rotatable bonds is 9. The van der Waals surface area contributed by atoms with Crippen molar-refractivity contribution in [3.8, 4) is 11.6 Å². The first-order chi connectivity index (χ1) is 16.8. The highest BCUT2D eigenvalue weighted by atomic mass is 19.4. The summed E-state index contributed by atoms with van der Waals surface area (Å²) in [5.74, 6) is -0.963. The Labute approximate surface area is 200 Å². The Morgan fingerprint density at radius 3 is 2.40 bits per heavy atom. The van der Waals surface area contributed by atoms with Crippen molar-refractivity contribution in [3.05, 3.63) is 77.9 Å². The van der Waals surface area contributed by atoms with Crippen molar-refractivity contribution in [1.82, 2.24) is 10.2 Å². The second kappa shape index (κ2) is 10.6. The lowest BCUT2D eigenvalue weighted by Crippen LogP contribution is -2.32. The van der Waals surface area contributed by atoms with E-state index >= 15 is 0 Å². The lowest BCUT2D eigenvalue weighted by Gasteiger charge is -2.25. The van der Waals surface area contributed by atoms with Gasteiger partial charge < -0.3 is 19.5 Å². The van der Waals surface area contributed by atoms with Crippen molar-refractivity contribution in [3.63, 3.8) is 0 Å². The van der Waals surface area contributed by atoms with Crippen molar-refractivity contribution < 1.29 is 32.5 Å². The van der Waals surface area contributed by atoms with Gasteiger partial charge in [0.15, 0.2) is 5.82 Å². The number of carboxylic acid groups (broad SMARTS) is 1. The number of alkyl halides is 3. The zero-order chi connectivity index (χ0) is 24.8. The summed E-state index contributed by atoms with van der Waals surface area (Å²) in [6.07, 6.45) is -4.51.